The Bertz CT molecular complexity index is 608. The summed E-state index contributed by atoms with van der Waals surface area (Å²) in [6.45, 7) is 4.04. The van der Waals surface area contributed by atoms with Crippen molar-refractivity contribution in [3.63, 3.8) is 0 Å². The number of nitrogens with one attached hydrogen (secondary N) is 2. The van der Waals surface area contributed by atoms with E-state index in [0.717, 1.165) is 17.7 Å². The lowest BCUT2D eigenvalue weighted by Crippen LogP contribution is -2.20. The van der Waals surface area contributed by atoms with Gasteiger partial charge in [-0.15, -0.1) is 0 Å². The first-order chi connectivity index (χ1) is 9.58. The molecule has 0 saturated carbocycles. The molecule has 2 N–H and O–H groups in total. The second kappa shape index (κ2) is 6.19. The molecule has 0 atom stereocenters. The van der Waals surface area contributed by atoms with Gasteiger partial charge in [0.25, 0.3) is 0 Å². The van der Waals surface area contributed by atoms with E-state index in [4.69, 9.17) is 0 Å². The molecule has 104 valence electrons. The maximum atomic E-state index is 12.8. The highest BCUT2D eigenvalue weighted by atomic mass is 19.1. The molecule has 0 radical (unpaired) electrons. The van der Waals surface area contributed by atoms with Gasteiger partial charge in [0, 0.05) is 11.4 Å². The molecule has 20 heavy (non-hydrogen) atoms. The first kappa shape index (κ1) is 14.1. The van der Waals surface area contributed by atoms with E-state index in [0.29, 0.717) is 5.69 Å². The highest BCUT2D eigenvalue weighted by Crippen LogP contribution is 2.17. The molecule has 0 heterocycles. The average molecular weight is 272 g/mol. The minimum Gasteiger partial charge on any atom is -0.308 e. The Hall–Kier alpha value is -2.36. The Morgan fingerprint density at radius 3 is 2.40 bits per heavy atom. The zero-order chi connectivity index (χ0) is 14.5. The first-order valence-electron chi connectivity index (χ1n) is 6.51. The molecule has 2 amide bonds. The van der Waals surface area contributed by atoms with Gasteiger partial charge in [0.15, 0.2) is 0 Å². The molecule has 0 saturated heterocycles. The molecule has 0 fully saturated rings. The number of amides is 2. The van der Waals surface area contributed by atoms with Crippen LogP contribution < -0.4 is 10.6 Å². The highest BCUT2D eigenvalue weighted by molar-refractivity contribution is 6.00. The third-order valence-electron chi connectivity index (χ3n) is 3.05. The number of carbonyl (C=O) groups is 1. The van der Waals surface area contributed by atoms with Crippen molar-refractivity contribution in [2.75, 3.05) is 10.6 Å². The molecule has 0 aliphatic heterocycles. The van der Waals surface area contributed by atoms with Crippen LogP contribution in [-0.2, 0) is 6.42 Å². The molecule has 0 aromatic heterocycles. The second-order valence-corrected chi connectivity index (χ2v) is 4.59. The molecule has 0 aliphatic rings. The smallest absolute Gasteiger partial charge is 0.308 e. The molecule has 0 unspecified atom stereocenters. The summed E-state index contributed by atoms with van der Waals surface area (Å²) in [6, 6.07) is 11.2. The van der Waals surface area contributed by atoms with E-state index in [2.05, 4.69) is 17.6 Å². The Morgan fingerprint density at radius 1 is 1.10 bits per heavy atom. The lowest BCUT2D eigenvalue weighted by atomic mass is 10.1. The molecular formula is C16H17FN2O. The van der Waals surface area contributed by atoms with Gasteiger partial charge >= 0.3 is 6.03 Å². The summed E-state index contributed by atoms with van der Waals surface area (Å²) in [6.07, 6.45) is 0.961. The number of aryl methyl sites for hydroxylation is 2. The molecule has 0 aliphatic carbocycles. The summed E-state index contributed by atoms with van der Waals surface area (Å²) in [5, 5.41) is 5.44. The summed E-state index contributed by atoms with van der Waals surface area (Å²) in [5.41, 5.74) is 3.55. The maximum absolute atomic E-state index is 12.8. The molecule has 2 aromatic carbocycles. The summed E-state index contributed by atoms with van der Waals surface area (Å²) >= 11 is 0. The molecule has 0 spiro atoms. The minimum absolute atomic E-state index is 0.332. The fourth-order valence-electron chi connectivity index (χ4n) is 1.90. The van der Waals surface area contributed by atoms with Crippen molar-refractivity contribution in [1.82, 2.24) is 0 Å². The molecule has 2 aromatic rings. The number of hydrogen-bond donors (Lipinski definition) is 2. The number of urea groups is 1. The van der Waals surface area contributed by atoms with Crippen molar-refractivity contribution in [2.24, 2.45) is 0 Å². The molecular weight excluding hydrogens is 255 g/mol. The summed E-state index contributed by atoms with van der Waals surface area (Å²) < 4.78 is 12.8. The van der Waals surface area contributed by atoms with E-state index in [9.17, 15) is 9.18 Å². The molecule has 3 nitrogen and oxygen atoms in total. The van der Waals surface area contributed by atoms with Crippen LogP contribution in [0.5, 0.6) is 0 Å². The summed E-state index contributed by atoms with van der Waals surface area (Å²) in [5.74, 6) is -0.332. The van der Waals surface area contributed by atoms with Crippen molar-refractivity contribution in [1.29, 1.82) is 0 Å². The van der Waals surface area contributed by atoms with E-state index in [-0.39, 0.29) is 11.8 Å². The van der Waals surface area contributed by atoms with Gasteiger partial charge in [0.05, 0.1) is 0 Å². The lowest BCUT2D eigenvalue weighted by molar-refractivity contribution is 0.262. The minimum atomic E-state index is -0.344. The maximum Gasteiger partial charge on any atom is 0.323 e. The third kappa shape index (κ3) is 3.57. The van der Waals surface area contributed by atoms with Crippen LogP contribution in [0.3, 0.4) is 0 Å². The number of halogens is 1. The van der Waals surface area contributed by atoms with Crippen LogP contribution in [0, 0.1) is 12.7 Å². The van der Waals surface area contributed by atoms with Crippen LogP contribution in [0.15, 0.2) is 42.5 Å². The lowest BCUT2D eigenvalue weighted by Gasteiger charge is -2.11. The number of benzene rings is 2. The zero-order valence-electron chi connectivity index (χ0n) is 11.5. The van der Waals surface area contributed by atoms with Crippen LogP contribution >= 0.6 is 0 Å². The molecule has 2 rings (SSSR count). The monoisotopic (exact) mass is 272 g/mol. The third-order valence-corrected chi connectivity index (χ3v) is 3.05. The predicted molar refractivity (Wildman–Crippen MR) is 79.6 cm³/mol. The van der Waals surface area contributed by atoms with Crippen LogP contribution in [0.25, 0.3) is 0 Å². The second-order valence-electron chi connectivity index (χ2n) is 4.59. The number of anilines is 2. The van der Waals surface area contributed by atoms with E-state index >= 15 is 0 Å². The summed E-state index contributed by atoms with van der Waals surface area (Å²) in [4.78, 5) is 11.9. The Balaban J connectivity index is 2.02. The fourth-order valence-corrected chi connectivity index (χ4v) is 1.90. The van der Waals surface area contributed by atoms with Gasteiger partial charge in [-0.05, 0) is 54.8 Å². The van der Waals surface area contributed by atoms with E-state index in [1.807, 2.05) is 25.1 Å². The van der Waals surface area contributed by atoms with Crippen molar-refractivity contribution >= 4 is 17.4 Å². The summed E-state index contributed by atoms with van der Waals surface area (Å²) in [7, 11) is 0. The Labute approximate surface area is 117 Å². The Kier molecular flexibility index (Phi) is 4.35. The van der Waals surface area contributed by atoms with Gasteiger partial charge < -0.3 is 10.6 Å². The molecule has 0 bridgehead atoms. The van der Waals surface area contributed by atoms with Gasteiger partial charge in [-0.2, -0.15) is 0 Å². The van der Waals surface area contributed by atoms with Gasteiger partial charge in [0.2, 0.25) is 0 Å². The van der Waals surface area contributed by atoms with Crippen LogP contribution in [0.1, 0.15) is 18.1 Å². The first-order valence-corrected chi connectivity index (χ1v) is 6.51. The number of hydrogen-bond acceptors (Lipinski definition) is 1. The highest BCUT2D eigenvalue weighted by Gasteiger charge is 2.05. The van der Waals surface area contributed by atoms with Gasteiger partial charge in [0.1, 0.15) is 5.82 Å². The van der Waals surface area contributed by atoms with Crippen LogP contribution in [-0.4, -0.2) is 6.03 Å². The van der Waals surface area contributed by atoms with E-state index < -0.39 is 0 Å². The van der Waals surface area contributed by atoms with Crippen LogP contribution in [0.2, 0.25) is 0 Å². The zero-order valence-corrected chi connectivity index (χ0v) is 11.5. The Morgan fingerprint density at radius 2 is 1.80 bits per heavy atom. The van der Waals surface area contributed by atoms with Crippen molar-refractivity contribution in [2.45, 2.75) is 20.3 Å². The predicted octanol–water partition coefficient (Wildman–Crippen LogP) is 4.34. The van der Waals surface area contributed by atoms with E-state index in [1.165, 1.54) is 29.8 Å². The normalized spacial score (nSPS) is 10.2. The standard InChI is InChI=1S/C16H17FN2O/c1-3-12-4-9-15(11(2)10-12)19-16(20)18-14-7-5-13(17)6-8-14/h4-10H,3H2,1-2H3,(H2,18,19,20). The van der Waals surface area contributed by atoms with Gasteiger partial charge in [-0.25, -0.2) is 9.18 Å². The topological polar surface area (TPSA) is 41.1 Å². The largest absolute Gasteiger partial charge is 0.323 e. The molecule has 4 heteroatoms. The van der Waals surface area contributed by atoms with Gasteiger partial charge in [-0.1, -0.05) is 19.1 Å². The van der Waals surface area contributed by atoms with Crippen LogP contribution in [0.4, 0.5) is 20.6 Å². The van der Waals surface area contributed by atoms with E-state index in [1.54, 1.807) is 0 Å². The van der Waals surface area contributed by atoms with Gasteiger partial charge in [-0.3, -0.25) is 0 Å². The SMILES string of the molecule is CCc1ccc(NC(=O)Nc2ccc(F)cc2)c(C)c1. The van der Waals surface area contributed by atoms with Crippen molar-refractivity contribution in [3.8, 4) is 0 Å². The number of rotatable bonds is 3. The number of carbonyl (C=O) groups excluding carboxylic acids is 1. The average Bonchev–Trinajstić information content (AvgIpc) is 2.43. The fraction of sp³-hybridized carbons (Fsp3) is 0.188. The quantitative estimate of drug-likeness (QED) is 0.857. The van der Waals surface area contributed by atoms with Crippen molar-refractivity contribution < 1.29 is 9.18 Å². The van der Waals surface area contributed by atoms with Crippen molar-refractivity contribution in [3.05, 3.63) is 59.4 Å².